The first-order valence-corrected chi connectivity index (χ1v) is 15.7. The van der Waals surface area contributed by atoms with Crippen LogP contribution >= 0.6 is 11.3 Å². The third-order valence-corrected chi connectivity index (χ3v) is 8.58. The van der Waals surface area contributed by atoms with E-state index >= 15 is 0 Å². The lowest BCUT2D eigenvalue weighted by Gasteiger charge is -2.27. The van der Waals surface area contributed by atoms with Crippen molar-refractivity contribution in [2.75, 3.05) is 20.8 Å². The molecule has 10 heteroatoms. The van der Waals surface area contributed by atoms with Crippen molar-refractivity contribution in [3.63, 3.8) is 0 Å². The lowest BCUT2D eigenvalue weighted by Crippen LogP contribution is -2.40. The van der Waals surface area contributed by atoms with Crippen LogP contribution in [0, 0.1) is 5.82 Å². The molecule has 0 spiro atoms. The van der Waals surface area contributed by atoms with Gasteiger partial charge < -0.3 is 18.9 Å². The minimum atomic E-state index is -0.921. The Morgan fingerprint density at radius 3 is 2.36 bits per heavy atom. The number of hydrogen-bond acceptors (Lipinski definition) is 8. The fraction of sp³-hybridized carbons (Fsp3) is 0.162. The van der Waals surface area contributed by atoms with E-state index in [-0.39, 0.29) is 23.6 Å². The van der Waals surface area contributed by atoms with E-state index in [1.807, 2.05) is 54.6 Å². The summed E-state index contributed by atoms with van der Waals surface area (Å²) in [7, 11) is 3.05. The summed E-state index contributed by atoms with van der Waals surface area (Å²) in [5.41, 5.74) is 3.17. The number of nitrogens with zero attached hydrogens (tertiary/aromatic N) is 2. The van der Waals surface area contributed by atoms with Gasteiger partial charge in [0, 0.05) is 11.1 Å². The van der Waals surface area contributed by atoms with Gasteiger partial charge >= 0.3 is 5.97 Å². The van der Waals surface area contributed by atoms with E-state index in [4.69, 9.17) is 23.9 Å². The summed E-state index contributed by atoms with van der Waals surface area (Å²) in [5.74, 6) is 0.586. The molecule has 0 fully saturated rings. The summed E-state index contributed by atoms with van der Waals surface area (Å²) in [4.78, 5) is 33.3. The number of ether oxygens (including phenoxy) is 4. The van der Waals surface area contributed by atoms with Crippen LogP contribution in [-0.4, -0.2) is 31.4 Å². The van der Waals surface area contributed by atoms with Crippen molar-refractivity contribution < 1.29 is 28.1 Å². The highest BCUT2D eigenvalue weighted by atomic mass is 32.1. The largest absolute Gasteiger partial charge is 0.493 e. The lowest BCUT2D eigenvalue weighted by molar-refractivity contribution is -0.138. The zero-order valence-electron chi connectivity index (χ0n) is 25.9. The summed E-state index contributed by atoms with van der Waals surface area (Å²) < 4.78 is 38.0. The molecule has 0 aliphatic carbocycles. The highest BCUT2D eigenvalue weighted by Gasteiger charge is 2.37. The van der Waals surface area contributed by atoms with Gasteiger partial charge in [0.25, 0.3) is 5.56 Å². The van der Waals surface area contributed by atoms with Gasteiger partial charge in [-0.25, -0.2) is 14.2 Å². The van der Waals surface area contributed by atoms with Gasteiger partial charge in [0.1, 0.15) is 24.2 Å². The van der Waals surface area contributed by atoms with Crippen LogP contribution in [0.4, 0.5) is 4.39 Å². The number of thiazole rings is 1. The van der Waals surface area contributed by atoms with Crippen LogP contribution < -0.4 is 29.1 Å². The maximum absolute atomic E-state index is 14.3. The third kappa shape index (κ3) is 6.45. The number of methoxy groups -OCH3 is 2. The predicted molar refractivity (Wildman–Crippen MR) is 178 cm³/mol. The van der Waals surface area contributed by atoms with Gasteiger partial charge in [-0.2, -0.15) is 0 Å². The second kappa shape index (κ2) is 13.9. The fourth-order valence-electron chi connectivity index (χ4n) is 5.42. The number of benzene rings is 4. The van der Waals surface area contributed by atoms with E-state index in [1.165, 1.54) is 42.3 Å². The molecule has 1 aliphatic heterocycles. The molecule has 1 aromatic heterocycles. The highest BCUT2D eigenvalue weighted by Crippen LogP contribution is 2.42. The van der Waals surface area contributed by atoms with Gasteiger partial charge in [-0.05, 0) is 54.5 Å². The van der Waals surface area contributed by atoms with Crippen molar-refractivity contribution in [1.29, 1.82) is 0 Å². The Balaban J connectivity index is 1.48. The SMILES string of the molecule is CCOC(=O)C1=C(c2ccccc2)N=c2s/c(=C\c3ccc(OCc4ccc(F)cc4)cc3)c(=O)n2C1c1cccc(OC)c1OC. The van der Waals surface area contributed by atoms with Crippen LogP contribution in [0.2, 0.25) is 0 Å². The lowest BCUT2D eigenvalue weighted by atomic mass is 9.92. The molecule has 0 saturated carbocycles. The molecule has 4 aromatic carbocycles. The van der Waals surface area contributed by atoms with Crippen molar-refractivity contribution in [1.82, 2.24) is 4.57 Å². The van der Waals surface area contributed by atoms with Crippen LogP contribution in [0.5, 0.6) is 17.2 Å². The van der Waals surface area contributed by atoms with Crippen molar-refractivity contribution in [2.45, 2.75) is 19.6 Å². The van der Waals surface area contributed by atoms with Crippen molar-refractivity contribution in [3.05, 3.63) is 150 Å². The Bertz CT molecular complexity index is 2120. The Kier molecular flexibility index (Phi) is 9.30. The molecule has 0 N–H and O–H groups in total. The molecule has 0 saturated heterocycles. The predicted octanol–water partition coefficient (Wildman–Crippen LogP) is 5.67. The first-order chi connectivity index (χ1) is 22.9. The molecule has 0 radical (unpaired) electrons. The Labute approximate surface area is 274 Å². The van der Waals surface area contributed by atoms with E-state index in [0.717, 1.165) is 11.1 Å². The van der Waals surface area contributed by atoms with E-state index in [1.54, 1.807) is 43.3 Å². The van der Waals surface area contributed by atoms with Crippen LogP contribution in [0.1, 0.15) is 35.2 Å². The number of esters is 1. The summed E-state index contributed by atoms with van der Waals surface area (Å²) >= 11 is 1.23. The van der Waals surface area contributed by atoms with Gasteiger partial charge in [-0.3, -0.25) is 9.36 Å². The molecule has 47 heavy (non-hydrogen) atoms. The second-order valence-electron chi connectivity index (χ2n) is 10.5. The topological polar surface area (TPSA) is 88.4 Å². The van der Waals surface area contributed by atoms with Gasteiger partial charge in [-0.15, -0.1) is 0 Å². The zero-order valence-corrected chi connectivity index (χ0v) is 26.8. The van der Waals surface area contributed by atoms with Gasteiger partial charge in [0.2, 0.25) is 0 Å². The minimum absolute atomic E-state index is 0.139. The molecule has 1 atom stereocenters. The van der Waals surface area contributed by atoms with Crippen LogP contribution in [0.15, 0.2) is 112 Å². The average molecular weight is 651 g/mol. The fourth-order valence-corrected chi connectivity index (χ4v) is 6.42. The maximum Gasteiger partial charge on any atom is 0.338 e. The summed E-state index contributed by atoms with van der Waals surface area (Å²) in [6.45, 7) is 2.16. The molecule has 0 amide bonds. The first kappa shape index (κ1) is 31.5. The standard InChI is InChI=1S/C37H31FN2O6S/c1-4-45-36(42)31-32(25-9-6-5-7-10-25)39-37-40(33(31)28-11-8-12-29(43-2)34(28)44-3)35(41)30(47-37)21-23-15-19-27(20-16-23)46-22-24-13-17-26(38)18-14-24/h5-21,33H,4,22H2,1-3H3/b30-21-. The number of halogens is 1. The first-order valence-electron chi connectivity index (χ1n) is 14.9. The van der Waals surface area contributed by atoms with Crippen LogP contribution in [0.25, 0.3) is 11.8 Å². The van der Waals surface area contributed by atoms with Crippen molar-refractivity contribution in [3.8, 4) is 17.2 Å². The van der Waals surface area contributed by atoms with E-state index < -0.39 is 12.0 Å². The number of fused-ring (bicyclic) bond motifs is 1. The van der Waals surface area contributed by atoms with Crippen LogP contribution in [0.3, 0.4) is 0 Å². The molecule has 8 nitrogen and oxygen atoms in total. The summed E-state index contributed by atoms with van der Waals surface area (Å²) in [5, 5.41) is 0. The molecule has 238 valence electrons. The quantitative estimate of drug-likeness (QED) is 0.181. The number of aromatic nitrogens is 1. The third-order valence-electron chi connectivity index (χ3n) is 7.60. The number of carbonyl (C=O) groups excluding carboxylic acids is 1. The summed E-state index contributed by atoms with van der Waals surface area (Å²) in [6, 6.07) is 27.2. The Morgan fingerprint density at radius 2 is 1.68 bits per heavy atom. The molecule has 6 rings (SSSR count). The van der Waals surface area contributed by atoms with E-state index in [2.05, 4.69) is 0 Å². The van der Waals surface area contributed by atoms with E-state index in [0.29, 0.717) is 50.0 Å². The summed E-state index contributed by atoms with van der Waals surface area (Å²) in [6.07, 6.45) is 1.78. The smallest absolute Gasteiger partial charge is 0.338 e. The molecular formula is C37H31FN2O6S. The van der Waals surface area contributed by atoms with Crippen molar-refractivity contribution in [2.24, 2.45) is 4.99 Å². The van der Waals surface area contributed by atoms with Gasteiger partial charge in [-0.1, -0.05) is 78.1 Å². The zero-order chi connectivity index (χ0) is 32.9. The maximum atomic E-state index is 14.3. The molecule has 1 unspecified atom stereocenters. The van der Waals surface area contributed by atoms with Crippen LogP contribution in [-0.2, 0) is 16.1 Å². The van der Waals surface area contributed by atoms with E-state index in [9.17, 15) is 14.0 Å². The second-order valence-corrected chi connectivity index (χ2v) is 11.5. The monoisotopic (exact) mass is 650 g/mol. The minimum Gasteiger partial charge on any atom is -0.493 e. The highest BCUT2D eigenvalue weighted by molar-refractivity contribution is 7.07. The molecular weight excluding hydrogens is 619 g/mol. The molecule has 5 aromatic rings. The number of rotatable bonds is 10. The molecule has 0 bridgehead atoms. The normalized spacial score (nSPS) is 14.3. The Hall–Kier alpha value is -5.48. The van der Waals surface area contributed by atoms with Gasteiger partial charge in [0.15, 0.2) is 16.3 Å². The molecule has 1 aliphatic rings. The number of para-hydroxylation sites is 1. The van der Waals surface area contributed by atoms with Gasteiger partial charge in [0.05, 0.1) is 36.6 Å². The number of carbonyl (C=O) groups is 1. The average Bonchev–Trinajstić information content (AvgIpc) is 3.41. The Morgan fingerprint density at radius 1 is 0.936 bits per heavy atom. The molecule has 2 heterocycles. The number of hydrogen-bond donors (Lipinski definition) is 0. The van der Waals surface area contributed by atoms with Crippen molar-refractivity contribution >= 4 is 29.1 Å².